The molecule has 0 bridgehead atoms. The van der Waals surface area contributed by atoms with Crippen LogP contribution in [0.25, 0.3) is 5.65 Å². The normalized spacial score (nSPS) is 10.7. The van der Waals surface area contributed by atoms with E-state index in [0.29, 0.717) is 11.3 Å². The molecule has 0 saturated carbocycles. The summed E-state index contributed by atoms with van der Waals surface area (Å²) in [5.74, 6) is -0.214. The molecule has 0 aliphatic rings. The average molecular weight is 255 g/mol. The van der Waals surface area contributed by atoms with Crippen molar-refractivity contribution >= 4 is 27.4 Å². The average Bonchev–Trinajstić information content (AvgIpc) is 2.59. The summed E-state index contributed by atoms with van der Waals surface area (Å²) in [6.45, 7) is -0.0584. The summed E-state index contributed by atoms with van der Waals surface area (Å²) in [6, 6.07) is 0. The van der Waals surface area contributed by atoms with Gasteiger partial charge in [-0.15, -0.1) is 0 Å². The second-order valence-corrected chi connectivity index (χ2v) is 3.49. The molecule has 6 heteroatoms. The van der Waals surface area contributed by atoms with Gasteiger partial charge in [0, 0.05) is 12.4 Å². The molecule has 2 aromatic heterocycles. The Hall–Kier alpha value is -1.27. The van der Waals surface area contributed by atoms with Crippen molar-refractivity contribution in [3.05, 3.63) is 28.9 Å². The Balaban J connectivity index is 2.71. The SMILES string of the molecule is NCC(=O)c1nccn2c(Br)cnc12. The third kappa shape index (κ3) is 1.32. The topological polar surface area (TPSA) is 73.3 Å². The fourth-order valence-corrected chi connectivity index (χ4v) is 1.57. The van der Waals surface area contributed by atoms with Gasteiger partial charge in [0.05, 0.1) is 12.7 Å². The summed E-state index contributed by atoms with van der Waals surface area (Å²) < 4.78 is 2.51. The van der Waals surface area contributed by atoms with Gasteiger partial charge in [-0.2, -0.15) is 0 Å². The Morgan fingerprint density at radius 1 is 1.57 bits per heavy atom. The molecule has 0 aliphatic heterocycles. The lowest BCUT2D eigenvalue weighted by Crippen LogP contribution is -2.16. The van der Waals surface area contributed by atoms with Crippen molar-refractivity contribution in [3.63, 3.8) is 0 Å². The van der Waals surface area contributed by atoms with Crippen LogP contribution >= 0.6 is 15.9 Å². The summed E-state index contributed by atoms with van der Waals surface area (Å²) >= 11 is 3.30. The van der Waals surface area contributed by atoms with E-state index in [4.69, 9.17) is 5.73 Å². The van der Waals surface area contributed by atoms with Gasteiger partial charge in [-0.25, -0.2) is 9.97 Å². The molecule has 0 aromatic carbocycles. The number of carbonyl (C=O) groups excluding carboxylic acids is 1. The number of rotatable bonds is 2. The van der Waals surface area contributed by atoms with Crippen LogP contribution in [0.15, 0.2) is 23.2 Å². The number of halogens is 1. The zero-order valence-corrected chi connectivity index (χ0v) is 8.73. The van der Waals surface area contributed by atoms with Crippen LogP contribution in [0.1, 0.15) is 10.5 Å². The number of carbonyl (C=O) groups is 1. The molecule has 0 spiro atoms. The minimum Gasteiger partial charge on any atom is -0.324 e. The molecule has 2 aromatic rings. The van der Waals surface area contributed by atoms with E-state index in [-0.39, 0.29) is 12.3 Å². The fraction of sp³-hybridized carbons (Fsp3) is 0.125. The van der Waals surface area contributed by atoms with E-state index in [2.05, 4.69) is 25.9 Å². The predicted molar refractivity (Wildman–Crippen MR) is 54.1 cm³/mol. The number of nitrogens with two attached hydrogens (primary N) is 1. The zero-order chi connectivity index (χ0) is 10.1. The van der Waals surface area contributed by atoms with Gasteiger partial charge < -0.3 is 5.73 Å². The largest absolute Gasteiger partial charge is 0.324 e. The minimum absolute atomic E-state index is 0.0584. The van der Waals surface area contributed by atoms with E-state index in [1.165, 1.54) is 0 Å². The molecule has 72 valence electrons. The summed E-state index contributed by atoms with van der Waals surface area (Å²) in [4.78, 5) is 19.4. The molecule has 0 amide bonds. The molecule has 2 N–H and O–H groups in total. The summed E-state index contributed by atoms with van der Waals surface area (Å²) in [6.07, 6.45) is 4.88. The third-order valence-corrected chi connectivity index (χ3v) is 2.42. The first-order valence-electron chi connectivity index (χ1n) is 3.95. The van der Waals surface area contributed by atoms with Crippen LogP contribution in [0, 0.1) is 0 Å². The molecule has 0 radical (unpaired) electrons. The van der Waals surface area contributed by atoms with E-state index in [9.17, 15) is 4.79 Å². The molecular weight excluding hydrogens is 248 g/mol. The molecule has 14 heavy (non-hydrogen) atoms. The van der Waals surface area contributed by atoms with Gasteiger partial charge in [-0.05, 0) is 15.9 Å². The van der Waals surface area contributed by atoms with Crippen molar-refractivity contribution < 1.29 is 4.79 Å². The van der Waals surface area contributed by atoms with Crippen LogP contribution in [0.3, 0.4) is 0 Å². The van der Waals surface area contributed by atoms with Crippen molar-refractivity contribution in [1.29, 1.82) is 0 Å². The molecule has 2 rings (SSSR count). The van der Waals surface area contributed by atoms with Gasteiger partial charge in [0.2, 0.25) is 0 Å². The lowest BCUT2D eigenvalue weighted by molar-refractivity contribution is 0.0998. The van der Waals surface area contributed by atoms with Crippen LogP contribution in [-0.4, -0.2) is 26.7 Å². The van der Waals surface area contributed by atoms with Gasteiger partial charge >= 0.3 is 0 Å². The van der Waals surface area contributed by atoms with Crippen molar-refractivity contribution in [1.82, 2.24) is 14.4 Å². The second kappa shape index (κ2) is 3.47. The summed E-state index contributed by atoms with van der Waals surface area (Å²) in [5.41, 5.74) is 6.09. The van der Waals surface area contributed by atoms with E-state index in [0.717, 1.165) is 4.60 Å². The fourth-order valence-electron chi connectivity index (χ4n) is 1.18. The molecule has 0 fully saturated rings. The standard InChI is InChI=1S/C8H7BrN4O/c9-6-4-12-8-7(5(14)3-10)11-1-2-13(6)8/h1-2,4H,3,10H2. The van der Waals surface area contributed by atoms with Crippen LogP contribution in [-0.2, 0) is 0 Å². The van der Waals surface area contributed by atoms with E-state index in [1.54, 1.807) is 23.0 Å². The Bertz CT molecular complexity index is 493. The van der Waals surface area contributed by atoms with Gasteiger partial charge in [0.1, 0.15) is 4.60 Å². The smallest absolute Gasteiger partial charge is 0.198 e. The summed E-state index contributed by atoms with van der Waals surface area (Å²) in [5, 5.41) is 0. The first-order valence-corrected chi connectivity index (χ1v) is 4.74. The maximum Gasteiger partial charge on any atom is 0.198 e. The van der Waals surface area contributed by atoms with Crippen molar-refractivity contribution in [2.75, 3.05) is 6.54 Å². The lowest BCUT2D eigenvalue weighted by atomic mass is 10.3. The monoisotopic (exact) mass is 254 g/mol. The van der Waals surface area contributed by atoms with Gasteiger partial charge in [-0.3, -0.25) is 9.20 Å². The number of fused-ring (bicyclic) bond motifs is 1. The highest BCUT2D eigenvalue weighted by atomic mass is 79.9. The van der Waals surface area contributed by atoms with Gasteiger partial charge in [-0.1, -0.05) is 0 Å². The molecular formula is C8H7BrN4O. The Labute approximate surface area is 88.1 Å². The van der Waals surface area contributed by atoms with Crippen LogP contribution in [0.4, 0.5) is 0 Å². The first kappa shape index (κ1) is 9.29. The predicted octanol–water partition coefficient (Wildman–Crippen LogP) is 0.633. The Morgan fingerprint density at radius 2 is 2.36 bits per heavy atom. The van der Waals surface area contributed by atoms with Crippen molar-refractivity contribution in [3.8, 4) is 0 Å². The zero-order valence-electron chi connectivity index (χ0n) is 7.14. The molecule has 5 nitrogen and oxygen atoms in total. The number of hydrogen-bond donors (Lipinski definition) is 1. The highest BCUT2D eigenvalue weighted by molar-refractivity contribution is 9.10. The molecule has 0 saturated heterocycles. The summed E-state index contributed by atoms with van der Waals surface area (Å²) in [7, 11) is 0. The Kier molecular flexibility index (Phi) is 2.30. The van der Waals surface area contributed by atoms with Gasteiger partial charge in [0.25, 0.3) is 0 Å². The highest BCUT2D eigenvalue weighted by Gasteiger charge is 2.12. The molecule has 0 unspecified atom stereocenters. The third-order valence-electron chi connectivity index (χ3n) is 1.83. The number of aromatic nitrogens is 3. The first-order chi connectivity index (χ1) is 6.74. The number of hydrogen-bond acceptors (Lipinski definition) is 4. The molecule has 0 atom stereocenters. The van der Waals surface area contributed by atoms with Crippen molar-refractivity contribution in [2.45, 2.75) is 0 Å². The van der Waals surface area contributed by atoms with E-state index in [1.807, 2.05) is 0 Å². The highest BCUT2D eigenvalue weighted by Crippen LogP contribution is 2.14. The number of imidazole rings is 1. The van der Waals surface area contributed by atoms with E-state index < -0.39 is 0 Å². The van der Waals surface area contributed by atoms with Crippen LogP contribution in [0.2, 0.25) is 0 Å². The quantitative estimate of drug-likeness (QED) is 0.799. The number of ketones is 1. The maximum absolute atomic E-state index is 11.4. The minimum atomic E-state index is -0.214. The van der Waals surface area contributed by atoms with Crippen LogP contribution in [0.5, 0.6) is 0 Å². The molecule has 0 aliphatic carbocycles. The van der Waals surface area contributed by atoms with Gasteiger partial charge in [0.15, 0.2) is 17.1 Å². The van der Waals surface area contributed by atoms with Crippen molar-refractivity contribution in [2.24, 2.45) is 5.73 Å². The Morgan fingerprint density at radius 3 is 3.07 bits per heavy atom. The van der Waals surface area contributed by atoms with E-state index >= 15 is 0 Å². The number of Topliss-reactive ketones (excluding diaryl/α,β-unsaturated/α-hetero) is 1. The molecule has 2 heterocycles. The van der Waals surface area contributed by atoms with Crippen LogP contribution < -0.4 is 5.73 Å². The number of nitrogens with zero attached hydrogens (tertiary/aromatic N) is 3. The maximum atomic E-state index is 11.4. The second-order valence-electron chi connectivity index (χ2n) is 2.68. The lowest BCUT2D eigenvalue weighted by Gasteiger charge is -1.99.